The molecule has 0 bridgehead atoms. The number of carbonyl (C=O) groups excluding carboxylic acids is 1. The van der Waals surface area contributed by atoms with E-state index >= 15 is 0 Å². The molecule has 33 heavy (non-hydrogen) atoms. The fourth-order valence-corrected chi connectivity index (χ4v) is 3.50. The van der Waals surface area contributed by atoms with Gasteiger partial charge < -0.3 is 14.5 Å². The van der Waals surface area contributed by atoms with Gasteiger partial charge in [-0.3, -0.25) is 9.36 Å². The van der Waals surface area contributed by atoms with Crippen molar-refractivity contribution in [2.75, 3.05) is 14.2 Å². The number of nitrogens with one attached hydrogen (secondary N) is 1. The SMILES string of the molecule is COc1ccc(C=CC(=O)c2cccc(-n3cc(-c4ccc(C)cc4)[nH]c3=O)c2)cc1OC. The number of imidazole rings is 1. The number of H-pyrrole nitrogens is 1. The zero-order valence-corrected chi connectivity index (χ0v) is 18.7. The molecule has 0 aliphatic heterocycles. The van der Waals surface area contributed by atoms with Gasteiger partial charge in [0.1, 0.15) is 0 Å². The molecule has 166 valence electrons. The van der Waals surface area contributed by atoms with Crippen LogP contribution < -0.4 is 15.2 Å². The van der Waals surface area contributed by atoms with E-state index in [2.05, 4.69) is 4.98 Å². The van der Waals surface area contributed by atoms with Crippen LogP contribution >= 0.6 is 0 Å². The lowest BCUT2D eigenvalue weighted by atomic mass is 10.1. The third-order valence-corrected chi connectivity index (χ3v) is 5.32. The van der Waals surface area contributed by atoms with Crippen molar-refractivity contribution < 1.29 is 14.3 Å². The molecule has 0 unspecified atom stereocenters. The first kappa shape index (κ1) is 21.9. The molecule has 4 rings (SSSR count). The van der Waals surface area contributed by atoms with Crippen LogP contribution in [0.15, 0.2) is 83.8 Å². The Hall–Kier alpha value is -4.32. The maximum atomic E-state index is 12.8. The van der Waals surface area contributed by atoms with Crippen LogP contribution in [0, 0.1) is 6.92 Å². The second-order valence-electron chi connectivity index (χ2n) is 7.57. The summed E-state index contributed by atoms with van der Waals surface area (Å²) in [4.78, 5) is 28.2. The molecule has 1 heterocycles. The molecule has 0 aliphatic carbocycles. The Bertz CT molecular complexity index is 1380. The molecule has 0 radical (unpaired) electrons. The molecule has 6 heteroatoms. The van der Waals surface area contributed by atoms with E-state index in [1.165, 1.54) is 10.6 Å². The fraction of sp³-hybridized carbons (Fsp3) is 0.111. The molecule has 0 atom stereocenters. The molecular formula is C27H24N2O4. The highest BCUT2D eigenvalue weighted by atomic mass is 16.5. The number of benzene rings is 3. The van der Waals surface area contributed by atoms with E-state index in [-0.39, 0.29) is 11.5 Å². The minimum Gasteiger partial charge on any atom is -0.493 e. The number of methoxy groups -OCH3 is 2. The highest BCUT2D eigenvalue weighted by Crippen LogP contribution is 2.28. The van der Waals surface area contributed by atoms with Gasteiger partial charge in [-0.25, -0.2) is 4.79 Å². The zero-order chi connectivity index (χ0) is 23.4. The fourth-order valence-electron chi connectivity index (χ4n) is 3.50. The summed E-state index contributed by atoms with van der Waals surface area (Å²) in [5, 5.41) is 0. The van der Waals surface area contributed by atoms with E-state index in [1.807, 2.05) is 37.3 Å². The minimum atomic E-state index is -0.268. The molecule has 0 spiro atoms. The summed E-state index contributed by atoms with van der Waals surface area (Å²) >= 11 is 0. The highest BCUT2D eigenvalue weighted by molar-refractivity contribution is 6.07. The van der Waals surface area contributed by atoms with Crippen molar-refractivity contribution in [2.45, 2.75) is 6.92 Å². The molecule has 0 amide bonds. The summed E-state index contributed by atoms with van der Waals surface area (Å²) in [6.07, 6.45) is 4.96. The Labute approximate surface area is 191 Å². The third-order valence-electron chi connectivity index (χ3n) is 5.32. The predicted octanol–water partition coefficient (Wildman–Crippen LogP) is 5.05. The van der Waals surface area contributed by atoms with Gasteiger partial charge >= 0.3 is 5.69 Å². The maximum absolute atomic E-state index is 12.8. The Morgan fingerprint density at radius 2 is 1.70 bits per heavy atom. The van der Waals surface area contributed by atoms with Crippen LogP contribution in [0.5, 0.6) is 11.5 Å². The number of nitrogens with zero attached hydrogens (tertiary/aromatic N) is 1. The minimum absolute atomic E-state index is 0.172. The van der Waals surface area contributed by atoms with Gasteiger partial charge in [0.15, 0.2) is 17.3 Å². The van der Waals surface area contributed by atoms with E-state index in [1.54, 1.807) is 62.9 Å². The summed E-state index contributed by atoms with van der Waals surface area (Å²) in [6, 6.07) is 20.3. The Morgan fingerprint density at radius 1 is 0.939 bits per heavy atom. The number of hydrogen-bond acceptors (Lipinski definition) is 4. The van der Waals surface area contributed by atoms with Crippen LogP contribution in [-0.4, -0.2) is 29.6 Å². The largest absolute Gasteiger partial charge is 0.493 e. The van der Waals surface area contributed by atoms with Gasteiger partial charge in [-0.1, -0.05) is 54.1 Å². The first-order valence-corrected chi connectivity index (χ1v) is 10.4. The second-order valence-corrected chi connectivity index (χ2v) is 7.57. The predicted molar refractivity (Wildman–Crippen MR) is 129 cm³/mol. The van der Waals surface area contributed by atoms with Crippen LogP contribution in [0.3, 0.4) is 0 Å². The summed E-state index contributed by atoms with van der Waals surface area (Å²) < 4.78 is 12.0. The van der Waals surface area contributed by atoms with Gasteiger partial charge in [0.05, 0.1) is 25.6 Å². The van der Waals surface area contributed by atoms with E-state index < -0.39 is 0 Å². The third kappa shape index (κ3) is 4.80. The second kappa shape index (κ2) is 9.44. The molecule has 0 saturated carbocycles. The first-order chi connectivity index (χ1) is 16.0. The average Bonchev–Trinajstić information content (AvgIpc) is 3.24. The Balaban J connectivity index is 1.58. The van der Waals surface area contributed by atoms with Crippen molar-refractivity contribution in [3.8, 4) is 28.4 Å². The molecule has 0 fully saturated rings. The van der Waals surface area contributed by atoms with Gasteiger partial charge in [0.2, 0.25) is 0 Å². The Morgan fingerprint density at radius 3 is 2.42 bits per heavy atom. The van der Waals surface area contributed by atoms with E-state index in [0.29, 0.717) is 28.4 Å². The number of aromatic amines is 1. The van der Waals surface area contributed by atoms with Crippen molar-refractivity contribution in [1.82, 2.24) is 9.55 Å². The Kier molecular flexibility index (Phi) is 6.26. The highest BCUT2D eigenvalue weighted by Gasteiger charge is 2.10. The van der Waals surface area contributed by atoms with Crippen LogP contribution in [0.4, 0.5) is 0 Å². The first-order valence-electron chi connectivity index (χ1n) is 10.4. The maximum Gasteiger partial charge on any atom is 0.330 e. The number of aromatic nitrogens is 2. The van der Waals surface area contributed by atoms with Crippen LogP contribution in [0.2, 0.25) is 0 Å². The van der Waals surface area contributed by atoms with Crippen LogP contribution in [-0.2, 0) is 0 Å². The quantitative estimate of drug-likeness (QED) is 0.322. The van der Waals surface area contributed by atoms with Crippen molar-refractivity contribution in [3.63, 3.8) is 0 Å². The topological polar surface area (TPSA) is 73.3 Å². The molecule has 4 aromatic rings. The van der Waals surface area contributed by atoms with E-state index in [9.17, 15) is 9.59 Å². The molecule has 0 aliphatic rings. The number of allylic oxidation sites excluding steroid dienone is 1. The number of carbonyl (C=O) groups is 1. The van der Waals surface area contributed by atoms with Gasteiger partial charge in [-0.2, -0.15) is 0 Å². The van der Waals surface area contributed by atoms with E-state index in [0.717, 1.165) is 16.7 Å². The molecule has 0 saturated heterocycles. The summed E-state index contributed by atoms with van der Waals surface area (Å²) in [5.74, 6) is 1.04. The van der Waals surface area contributed by atoms with Crippen LogP contribution in [0.25, 0.3) is 23.0 Å². The monoisotopic (exact) mass is 440 g/mol. The normalized spacial score (nSPS) is 11.0. The molecule has 1 aromatic heterocycles. The molecular weight excluding hydrogens is 416 g/mol. The average molecular weight is 440 g/mol. The van der Waals surface area contributed by atoms with Crippen LogP contribution in [0.1, 0.15) is 21.5 Å². The lowest BCUT2D eigenvalue weighted by molar-refractivity contribution is 0.104. The summed E-state index contributed by atoms with van der Waals surface area (Å²) in [7, 11) is 3.14. The van der Waals surface area contributed by atoms with Crippen molar-refractivity contribution >= 4 is 11.9 Å². The lowest BCUT2D eigenvalue weighted by Crippen LogP contribution is -2.14. The van der Waals surface area contributed by atoms with Gasteiger partial charge in [-0.05, 0) is 48.4 Å². The van der Waals surface area contributed by atoms with Gasteiger partial charge in [0, 0.05) is 11.8 Å². The number of rotatable bonds is 7. The molecule has 1 N–H and O–H groups in total. The number of aryl methyl sites for hydroxylation is 1. The summed E-state index contributed by atoms with van der Waals surface area (Å²) in [6.45, 7) is 2.01. The summed E-state index contributed by atoms with van der Waals surface area (Å²) in [5.41, 5.74) is 4.41. The van der Waals surface area contributed by atoms with Gasteiger partial charge in [-0.15, -0.1) is 0 Å². The van der Waals surface area contributed by atoms with Crippen molar-refractivity contribution in [3.05, 3.63) is 106 Å². The standard InChI is InChI=1S/C27H24N2O4/c1-18-7-11-20(12-8-18)23-17-29(27(31)28-23)22-6-4-5-21(16-22)24(30)13-9-19-10-14-25(32-2)26(15-19)33-3/h4-17H,1-3H3,(H,28,31). The molecule has 6 nitrogen and oxygen atoms in total. The number of ketones is 1. The van der Waals surface area contributed by atoms with Gasteiger partial charge in [0.25, 0.3) is 0 Å². The van der Waals surface area contributed by atoms with E-state index in [4.69, 9.17) is 9.47 Å². The van der Waals surface area contributed by atoms with Crippen molar-refractivity contribution in [2.24, 2.45) is 0 Å². The zero-order valence-electron chi connectivity index (χ0n) is 18.7. The number of hydrogen-bond donors (Lipinski definition) is 1. The lowest BCUT2D eigenvalue weighted by Gasteiger charge is -2.07. The molecule has 3 aromatic carbocycles. The van der Waals surface area contributed by atoms with Crippen molar-refractivity contribution in [1.29, 1.82) is 0 Å². The number of ether oxygens (including phenoxy) is 2. The smallest absolute Gasteiger partial charge is 0.330 e.